The summed E-state index contributed by atoms with van der Waals surface area (Å²) < 4.78 is 0. The Hall–Kier alpha value is -0.413. The Balaban J connectivity index is 2.81. The molecule has 0 heterocycles. The molecule has 1 rings (SSSR count). The Morgan fingerprint density at radius 1 is 1.27 bits per heavy atom. The van der Waals surface area contributed by atoms with Crippen molar-refractivity contribution >= 4 is 37.2 Å². The van der Waals surface area contributed by atoms with Crippen molar-refractivity contribution in [3.63, 3.8) is 0 Å². The van der Waals surface area contributed by atoms with Crippen molar-refractivity contribution in [2.24, 2.45) is 4.99 Å². The summed E-state index contributed by atoms with van der Waals surface area (Å²) in [6.07, 6.45) is 0. The fraction of sp³-hybridized carbons (Fsp3) is 0.364. The summed E-state index contributed by atoms with van der Waals surface area (Å²) >= 11 is 6.49. The molecule has 0 aliphatic heterocycles. The minimum absolute atomic E-state index is 0.261. The van der Waals surface area contributed by atoms with Crippen LogP contribution >= 0.6 is 24.0 Å². The van der Waals surface area contributed by atoms with Crippen LogP contribution in [0, 0.1) is 0 Å². The van der Waals surface area contributed by atoms with Gasteiger partial charge in [-0.1, -0.05) is 37.8 Å². The van der Waals surface area contributed by atoms with Gasteiger partial charge in [-0.05, 0) is 24.4 Å². The van der Waals surface area contributed by atoms with Gasteiger partial charge < -0.3 is 0 Å². The molecule has 15 heavy (non-hydrogen) atoms. The highest BCUT2D eigenvalue weighted by molar-refractivity contribution is 8.01. The van der Waals surface area contributed by atoms with Crippen LogP contribution in [0.25, 0.3) is 0 Å². The molecule has 1 nitrogen and oxygen atoms in total. The molecule has 0 fully saturated rings. The first-order valence-electron chi connectivity index (χ1n) is 4.83. The average Bonchev–Trinajstić information content (AvgIpc) is 2.17. The van der Waals surface area contributed by atoms with Crippen LogP contribution < -0.4 is 0 Å². The SMILES string of the molecule is C[Si](C)(C)C(N=C=S)Sc1ccccc1. The van der Waals surface area contributed by atoms with Crippen molar-refractivity contribution in [3.8, 4) is 0 Å². The summed E-state index contributed by atoms with van der Waals surface area (Å²) in [5.74, 6) is 0. The van der Waals surface area contributed by atoms with Crippen molar-refractivity contribution in [2.45, 2.75) is 29.5 Å². The van der Waals surface area contributed by atoms with Crippen molar-refractivity contribution in [2.75, 3.05) is 0 Å². The van der Waals surface area contributed by atoms with Gasteiger partial charge in [-0.15, -0.1) is 11.8 Å². The molecule has 0 saturated heterocycles. The van der Waals surface area contributed by atoms with E-state index in [1.54, 1.807) is 11.8 Å². The van der Waals surface area contributed by atoms with Gasteiger partial charge >= 0.3 is 0 Å². The van der Waals surface area contributed by atoms with Crippen molar-refractivity contribution in [1.82, 2.24) is 0 Å². The Morgan fingerprint density at radius 2 is 1.87 bits per heavy atom. The molecule has 0 N–H and O–H groups in total. The molecular weight excluding hydrogens is 238 g/mol. The minimum Gasteiger partial charge on any atom is -0.222 e. The molecular formula is C11H15NS2Si. The van der Waals surface area contributed by atoms with Gasteiger partial charge in [0.2, 0.25) is 0 Å². The van der Waals surface area contributed by atoms with E-state index in [0.717, 1.165) is 0 Å². The zero-order valence-electron chi connectivity index (χ0n) is 9.23. The first-order chi connectivity index (χ1) is 7.04. The number of hydrogen-bond acceptors (Lipinski definition) is 3. The fourth-order valence-electron chi connectivity index (χ4n) is 1.07. The molecule has 0 aromatic heterocycles. The molecule has 0 spiro atoms. The molecule has 0 saturated carbocycles. The van der Waals surface area contributed by atoms with Crippen LogP contribution in [0.15, 0.2) is 40.2 Å². The van der Waals surface area contributed by atoms with Gasteiger partial charge in [0.05, 0.1) is 18.2 Å². The van der Waals surface area contributed by atoms with Crippen LogP contribution in [0.5, 0.6) is 0 Å². The molecule has 1 atom stereocenters. The molecule has 1 aromatic rings. The van der Waals surface area contributed by atoms with E-state index in [1.807, 2.05) is 18.2 Å². The topological polar surface area (TPSA) is 12.4 Å². The number of hydrogen-bond donors (Lipinski definition) is 0. The van der Waals surface area contributed by atoms with E-state index in [0.29, 0.717) is 0 Å². The Kier molecular flexibility index (Phi) is 4.73. The van der Waals surface area contributed by atoms with Crippen molar-refractivity contribution < 1.29 is 0 Å². The van der Waals surface area contributed by atoms with Gasteiger partial charge in [-0.2, -0.15) is 0 Å². The van der Waals surface area contributed by atoms with Gasteiger partial charge in [-0.25, -0.2) is 4.99 Å². The summed E-state index contributed by atoms with van der Waals surface area (Å²) in [5, 5.41) is 2.52. The summed E-state index contributed by atoms with van der Waals surface area (Å²) in [6.45, 7) is 6.89. The third-order valence-electron chi connectivity index (χ3n) is 1.90. The van der Waals surface area contributed by atoms with Crippen LogP contribution in [0.4, 0.5) is 0 Å². The number of benzene rings is 1. The highest BCUT2D eigenvalue weighted by atomic mass is 32.2. The van der Waals surface area contributed by atoms with Crippen molar-refractivity contribution in [1.29, 1.82) is 0 Å². The zero-order chi connectivity index (χ0) is 11.3. The van der Waals surface area contributed by atoms with Crippen LogP contribution in [-0.4, -0.2) is 18.2 Å². The summed E-state index contributed by atoms with van der Waals surface area (Å²) in [7, 11) is -1.32. The normalized spacial score (nSPS) is 13.0. The summed E-state index contributed by atoms with van der Waals surface area (Å²) in [6, 6.07) is 10.3. The second-order valence-corrected chi connectivity index (χ2v) is 11.4. The average molecular weight is 253 g/mol. The van der Waals surface area contributed by atoms with Gasteiger partial charge in [0.1, 0.15) is 0 Å². The number of thioether (sulfide) groups is 1. The Morgan fingerprint density at radius 3 is 2.33 bits per heavy atom. The van der Waals surface area contributed by atoms with Gasteiger partial charge in [0, 0.05) is 4.90 Å². The van der Waals surface area contributed by atoms with Crippen LogP contribution in [0.1, 0.15) is 0 Å². The maximum atomic E-state index is 4.71. The van der Waals surface area contributed by atoms with E-state index in [2.05, 4.69) is 41.9 Å². The molecule has 1 unspecified atom stereocenters. The number of isothiocyanates is 1. The maximum absolute atomic E-state index is 4.71. The molecule has 1 aromatic carbocycles. The van der Waals surface area contributed by atoms with E-state index in [-0.39, 0.29) is 5.00 Å². The molecule has 80 valence electrons. The molecule has 0 radical (unpaired) electrons. The standard InChI is InChI=1S/C11H15NS2Si/c1-15(2,3)11(12-9-13)14-10-7-5-4-6-8-10/h4-8,11H,1-3H3. The quantitative estimate of drug-likeness (QED) is 0.347. The lowest BCUT2D eigenvalue weighted by atomic mass is 10.4. The third-order valence-corrected chi connectivity index (χ3v) is 6.97. The van der Waals surface area contributed by atoms with Crippen molar-refractivity contribution in [3.05, 3.63) is 30.3 Å². The van der Waals surface area contributed by atoms with Crippen LogP contribution in [-0.2, 0) is 0 Å². The van der Waals surface area contributed by atoms with Crippen LogP contribution in [0.3, 0.4) is 0 Å². The van der Waals surface area contributed by atoms with Gasteiger partial charge in [0.25, 0.3) is 0 Å². The lowest BCUT2D eigenvalue weighted by molar-refractivity contribution is 1.21. The lowest BCUT2D eigenvalue weighted by Gasteiger charge is -2.23. The highest BCUT2D eigenvalue weighted by Crippen LogP contribution is 2.30. The molecule has 0 bridgehead atoms. The smallest absolute Gasteiger partial charge is 0.0987 e. The monoisotopic (exact) mass is 253 g/mol. The highest BCUT2D eigenvalue weighted by Gasteiger charge is 2.27. The summed E-state index contributed by atoms with van der Waals surface area (Å²) in [5.41, 5.74) is 0. The predicted octanol–water partition coefficient (Wildman–Crippen LogP) is 4.09. The van der Waals surface area contributed by atoms with Gasteiger partial charge in [-0.3, -0.25) is 0 Å². The Bertz CT molecular complexity index is 353. The van der Waals surface area contributed by atoms with E-state index in [4.69, 9.17) is 12.2 Å². The fourth-order valence-corrected chi connectivity index (χ4v) is 4.29. The number of nitrogens with zero attached hydrogens (tertiary/aromatic N) is 1. The van der Waals surface area contributed by atoms with E-state index >= 15 is 0 Å². The zero-order valence-corrected chi connectivity index (χ0v) is 11.9. The predicted molar refractivity (Wildman–Crippen MR) is 74.5 cm³/mol. The second-order valence-electron chi connectivity index (χ2n) is 4.37. The lowest BCUT2D eigenvalue weighted by Crippen LogP contribution is -2.34. The number of thiocarbonyl (C=S) groups is 1. The summed E-state index contributed by atoms with van der Waals surface area (Å²) in [4.78, 5) is 5.79. The first-order valence-corrected chi connectivity index (χ1v) is 9.69. The maximum Gasteiger partial charge on any atom is 0.0987 e. The van der Waals surface area contributed by atoms with E-state index in [1.165, 1.54) is 4.90 Å². The number of aliphatic imine (C=N–C) groups is 1. The number of rotatable bonds is 4. The first kappa shape index (κ1) is 12.7. The minimum atomic E-state index is -1.32. The Labute approximate surface area is 102 Å². The van der Waals surface area contributed by atoms with E-state index in [9.17, 15) is 0 Å². The molecule has 4 heteroatoms. The molecule has 0 aliphatic rings. The largest absolute Gasteiger partial charge is 0.222 e. The van der Waals surface area contributed by atoms with Gasteiger partial charge in [0.15, 0.2) is 0 Å². The third kappa shape index (κ3) is 4.30. The van der Waals surface area contributed by atoms with E-state index < -0.39 is 8.07 Å². The second kappa shape index (κ2) is 5.61. The molecule has 0 aliphatic carbocycles. The molecule has 0 amide bonds. The van der Waals surface area contributed by atoms with Crippen LogP contribution in [0.2, 0.25) is 19.6 Å².